The van der Waals surface area contributed by atoms with Crippen molar-refractivity contribution in [1.82, 2.24) is 15.2 Å². The van der Waals surface area contributed by atoms with Crippen LogP contribution in [0.2, 0.25) is 0 Å². The molecule has 9 heteroatoms. The van der Waals surface area contributed by atoms with E-state index >= 15 is 0 Å². The van der Waals surface area contributed by atoms with Crippen LogP contribution >= 0.6 is 22.7 Å². The first-order valence-corrected chi connectivity index (χ1v) is 13.1. The summed E-state index contributed by atoms with van der Waals surface area (Å²) in [7, 11) is 0. The van der Waals surface area contributed by atoms with Crippen molar-refractivity contribution in [2.45, 2.75) is 33.1 Å². The van der Waals surface area contributed by atoms with Gasteiger partial charge in [-0.3, -0.25) is 9.59 Å². The fraction of sp³-hybridized carbons (Fsp3) is 0.458. The molecule has 4 rings (SSSR count). The van der Waals surface area contributed by atoms with Crippen molar-refractivity contribution < 1.29 is 14.0 Å². The fourth-order valence-electron chi connectivity index (χ4n) is 4.13. The van der Waals surface area contributed by atoms with Gasteiger partial charge in [0.05, 0.1) is 9.58 Å². The van der Waals surface area contributed by atoms with Gasteiger partial charge < -0.3 is 15.1 Å². The molecule has 1 aliphatic rings. The third-order valence-electron chi connectivity index (χ3n) is 6.13. The number of amides is 2. The maximum absolute atomic E-state index is 13.7. The summed E-state index contributed by atoms with van der Waals surface area (Å²) in [5, 5.41) is 3.93. The fourth-order valence-corrected chi connectivity index (χ4v) is 6.43. The maximum atomic E-state index is 13.7. The molecule has 0 aliphatic carbocycles. The second-order valence-electron chi connectivity index (χ2n) is 8.15. The van der Waals surface area contributed by atoms with Gasteiger partial charge in [-0.1, -0.05) is 29.5 Å². The minimum absolute atomic E-state index is 0.0109. The zero-order chi connectivity index (χ0) is 23.4. The molecular formula is C24H29FN4O2S2. The summed E-state index contributed by atoms with van der Waals surface area (Å²) in [5.74, 6) is -0.345. The first-order valence-electron chi connectivity index (χ1n) is 11.5. The second kappa shape index (κ2) is 10.6. The summed E-state index contributed by atoms with van der Waals surface area (Å²) >= 11 is 3.08. The Balaban J connectivity index is 1.27. The van der Waals surface area contributed by atoms with Gasteiger partial charge in [0.25, 0.3) is 5.91 Å². The van der Waals surface area contributed by atoms with Gasteiger partial charge in [0.15, 0.2) is 5.13 Å². The Kier molecular flexibility index (Phi) is 7.60. The average molecular weight is 489 g/mol. The lowest BCUT2D eigenvalue weighted by Crippen LogP contribution is -2.43. The van der Waals surface area contributed by atoms with E-state index in [2.05, 4.69) is 24.1 Å². The zero-order valence-electron chi connectivity index (χ0n) is 19.0. The number of aromatic nitrogens is 1. The van der Waals surface area contributed by atoms with Crippen LogP contribution in [0, 0.1) is 11.7 Å². The van der Waals surface area contributed by atoms with Gasteiger partial charge in [-0.15, -0.1) is 11.3 Å². The van der Waals surface area contributed by atoms with Gasteiger partial charge >= 0.3 is 0 Å². The van der Waals surface area contributed by atoms with E-state index in [4.69, 9.17) is 4.98 Å². The molecule has 3 aromatic rings. The van der Waals surface area contributed by atoms with Gasteiger partial charge in [0.1, 0.15) is 10.6 Å². The molecule has 2 amide bonds. The number of nitrogens with one attached hydrogen (secondary N) is 1. The Bertz CT molecular complexity index is 1090. The molecule has 33 heavy (non-hydrogen) atoms. The number of thiophene rings is 1. The van der Waals surface area contributed by atoms with Crippen LogP contribution in [0.5, 0.6) is 0 Å². The molecule has 176 valence electrons. The monoisotopic (exact) mass is 488 g/mol. The number of nitrogens with zero attached hydrogens (tertiary/aromatic N) is 3. The molecule has 2 aromatic heterocycles. The number of fused-ring (bicyclic) bond motifs is 1. The van der Waals surface area contributed by atoms with Crippen molar-refractivity contribution in [3.8, 4) is 0 Å². The van der Waals surface area contributed by atoms with Crippen LogP contribution in [-0.4, -0.2) is 54.4 Å². The zero-order valence-corrected chi connectivity index (χ0v) is 20.6. The first kappa shape index (κ1) is 23.6. The molecule has 0 radical (unpaired) electrons. The third kappa shape index (κ3) is 5.35. The number of carbonyl (C=O) groups is 2. The number of carbonyl (C=O) groups excluding carboxylic acids is 2. The highest BCUT2D eigenvalue weighted by molar-refractivity contribution is 7.29. The third-order valence-corrected chi connectivity index (χ3v) is 8.34. The number of thiazole rings is 1. The molecule has 0 bridgehead atoms. The molecule has 0 spiro atoms. The van der Waals surface area contributed by atoms with E-state index in [1.165, 1.54) is 17.4 Å². The van der Waals surface area contributed by atoms with Crippen molar-refractivity contribution in [3.05, 3.63) is 46.6 Å². The van der Waals surface area contributed by atoms with Crippen molar-refractivity contribution in [1.29, 1.82) is 0 Å². The van der Waals surface area contributed by atoms with Crippen LogP contribution in [0.3, 0.4) is 0 Å². The molecular weight excluding hydrogens is 459 g/mol. The molecule has 1 fully saturated rings. The van der Waals surface area contributed by atoms with E-state index in [0.29, 0.717) is 49.3 Å². The summed E-state index contributed by atoms with van der Waals surface area (Å²) in [6.45, 7) is 7.58. The minimum Gasteiger partial charge on any atom is -0.356 e. The van der Waals surface area contributed by atoms with Crippen LogP contribution in [0.1, 0.15) is 41.9 Å². The Morgan fingerprint density at radius 2 is 1.91 bits per heavy atom. The van der Waals surface area contributed by atoms with Crippen LogP contribution < -0.4 is 10.2 Å². The summed E-state index contributed by atoms with van der Waals surface area (Å²) in [6.07, 6.45) is 1.75. The van der Waals surface area contributed by atoms with E-state index in [1.807, 2.05) is 11.0 Å². The van der Waals surface area contributed by atoms with Gasteiger partial charge in [0, 0.05) is 38.6 Å². The highest BCUT2D eigenvalue weighted by Crippen LogP contribution is 2.35. The van der Waals surface area contributed by atoms with E-state index < -0.39 is 0 Å². The van der Waals surface area contributed by atoms with Crippen molar-refractivity contribution in [2.75, 3.05) is 37.6 Å². The number of piperidine rings is 1. The number of benzene rings is 1. The molecule has 1 saturated heterocycles. The summed E-state index contributed by atoms with van der Waals surface area (Å²) < 4.78 is 14.8. The van der Waals surface area contributed by atoms with Gasteiger partial charge in [0.2, 0.25) is 5.91 Å². The highest BCUT2D eigenvalue weighted by Gasteiger charge is 2.29. The topological polar surface area (TPSA) is 65.5 Å². The number of hydrogen-bond donors (Lipinski definition) is 1. The SMILES string of the molecule is CCN(CC)c1nc2sc(C(=O)N3CCC(C(=O)NCCc4ccccc4F)CC3)cc2s1. The van der Waals surface area contributed by atoms with Crippen LogP contribution in [0.15, 0.2) is 30.3 Å². The summed E-state index contributed by atoms with van der Waals surface area (Å²) in [5.41, 5.74) is 0.604. The quantitative estimate of drug-likeness (QED) is 0.505. The normalized spacial score (nSPS) is 14.6. The second-order valence-corrected chi connectivity index (χ2v) is 10.2. The van der Waals surface area contributed by atoms with E-state index in [1.54, 1.807) is 29.5 Å². The number of likely N-dealkylation sites (tertiary alicyclic amines) is 1. The molecule has 1 aromatic carbocycles. The molecule has 0 atom stereocenters. The Hall–Kier alpha value is -2.52. The molecule has 1 aliphatic heterocycles. The van der Waals surface area contributed by atoms with E-state index in [-0.39, 0.29) is 23.5 Å². The smallest absolute Gasteiger partial charge is 0.264 e. The van der Waals surface area contributed by atoms with Crippen LogP contribution in [0.25, 0.3) is 9.53 Å². The minimum atomic E-state index is -0.244. The largest absolute Gasteiger partial charge is 0.356 e. The number of rotatable bonds is 8. The van der Waals surface area contributed by atoms with E-state index in [9.17, 15) is 14.0 Å². The highest BCUT2D eigenvalue weighted by atomic mass is 32.1. The Labute approximate surface area is 201 Å². The summed E-state index contributed by atoms with van der Waals surface area (Å²) in [4.78, 5) is 35.9. The Morgan fingerprint density at radius 3 is 2.58 bits per heavy atom. The maximum Gasteiger partial charge on any atom is 0.264 e. The summed E-state index contributed by atoms with van der Waals surface area (Å²) in [6, 6.07) is 8.58. The van der Waals surface area contributed by atoms with Crippen molar-refractivity contribution in [3.63, 3.8) is 0 Å². The average Bonchev–Trinajstić information content (AvgIpc) is 3.40. The predicted octanol–water partition coefficient (Wildman–Crippen LogP) is 4.55. The molecule has 0 saturated carbocycles. The lowest BCUT2D eigenvalue weighted by molar-refractivity contribution is -0.126. The lowest BCUT2D eigenvalue weighted by atomic mass is 9.95. The molecule has 0 unspecified atom stereocenters. The first-order chi connectivity index (χ1) is 16.0. The van der Waals surface area contributed by atoms with Crippen LogP contribution in [-0.2, 0) is 11.2 Å². The number of anilines is 1. The Morgan fingerprint density at radius 1 is 1.18 bits per heavy atom. The predicted molar refractivity (Wildman–Crippen MR) is 133 cm³/mol. The van der Waals surface area contributed by atoms with Gasteiger partial charge in [-0.05, 0) is 50.8 Å². The molecule has 1 N–H and O–H groups in total. The molecule has 3 heterocycles. The number of hydrogen-bond acceptors (Lipinski definition) is 6. The number of halogens is 1. The van der Waals surface area contributed by atoms with Crippen LogP contribution in [0.4, 0.5) is 9.52 Å². The lowest BCUT2D eigenvalue weighted by Gasteiger charge is -2.31. The van der Waals surface area contributed by atoms with Crippen molar-refractivity contribution in [2.24, 2.45) is 5.92 Å². The molecule has 6 nitrogen and oxygen atoms in total. The van der Waals surface area contributed by atoms with Gasteiger partial charge in [-0.25, -0.2) is 9.37 Å². The van der Waals surface area contributed by atoms with Crippen molar-refractivity contribution >= 4 is 49.1 Å². The van der Waals surface area contributed by atoms with Gasteiger partial charge in [-0.2, -0.15) is 0 Å². The standard InChI is InChI=1S/C24H29FN4O2S2/c1-3-28(4-2)24-27-22-19(33-24)15-20(32-22)23(31)29-13-10-17(11-14-29)21(30)26-12-9-16-7-5-6-8-18(16)25/h5-8,15,17H,3-4,9-14H2,1-2H3,(H,26,30). The van der Waals surface area contributed by atoms with E-state index in [0.717, 1.165) is 27.8 Å².